The van der Waals surface area contributed by atoms with Gasteiger partial charge in [0.1, 0.15) is 5.58 Å². The molecule has 46 heavy (non-hydrogen) atoms. The van der Waals surface area contributed by atoms with Gasteiger partial charge in [0.15, 0.2) is 23.1 Å². The fourth-order valence-corrected chi connectivity index (χ4v) is 6.79. The Morgan fingerprint density at radius 2 is 0.848 bits per heavy atom. The van der Waals surface area contributed by atoms with Gasteiger partial charge in [-0.15, -0.1) is 0 Å². The van der Waals surface area contributed by atoms with E-state index in [-0.39, 0.29) is 0 Å². The molecule has 216 valence electrons. The minimum Gasteiger partial charge on any atom is -0.454 e. The van der Waals surface area contributed by atoms with Crippen LogP contribution in [-0.4, -0.2) is 15.0 Å². The summed E-state index contributed by atoms with van der Waals surface area (Å²) in [4.78, 5) is 15.2. The standard InChI is InChI=1S/C41H24ClN3O/c42-34-24-27(23-33-28-17-11-12-22-35(28)46-38(33)34)36-29-18-7-9-20-31(29)37(32-21-10-8-19-30(32)36)41-44-39(25-13-3-1-4-14-25)43-40(45-41)26-15-5-2-6-16-26/h1-24H. The fourth-order valence-electron chi connectivity index (χ4n) is 6.53. The van der Waals surface area contributed by atoms with Crippen molar-refractivity contribution >= 4 is 55.1 Å². The molecule has 0 aliphatic carbocycles. The molecule has 0 saturated heterocycles. The van der Waals surface area contributed by atoms with E-state index in [2.05, 4.69) is 60.7 Å². The summed E-state index contributed by atoms with van der Waals surface area (Å²) in [5, 5.41) is 6.89. The van der Waals surface area contributed by atoms with E-state index in [0.717, 1.165) is 65.7 Å². The Morgan fingerprint density at radius 3 is 1.41 bits per heavy atom. The molecule has 0 saturated carbocycles. The number of furan rings is 1. The van der Waals surface area contributed by atoms with Gasteiger partial charge in [0.2, 0.25) is 0 Å². The molecule has 0 radical (unpaired) electrons. The maximum Gasteiger partial charge on any atom is 0.165 e. The zero-order valence-electron chi connectivity index (χ0n) is 24.5. The fraction of sp³-hybridized carbons (Fsp3) is 0. The predicted octanol–water partition coefficient (Wildman–Crippen LogP) is 11.4. The van der Waals surface area contributed by atoms with E-state index in [1.54, 1.807) is 0 Å². The number of hydrogen-bond acceptors (Lipinski definition) is 4. The first-order valence-electron chi connectivity index (χ1n) is 15.1. The molecule has 9 rings (SSSR count). The van der Waals surface area contributed by atoms with Gasteiger partial charge in [0, 0.05) is 27.5 Å². The third-order valence-corrected chi connectivity index (χ3v) is 8.86. The van der Waals surface area contributed by atoms with Crippen molar-refractivity contribution in [3.63, 3.8) is 0 Å². The van der Waals surface area contributed by atoms with E-state index in [0.29, 0.717) is 28.1 Å². The summed E-state index contributed by atoms with van der Waals surface area (Å²) in [5.41, 5.74) is 6.47. The molecule has 4 nitrogen and oxygen atoms in total. The molecule has 0 bridgehead atoms. The highest BCUT2D eigenvalue weighted by Crippen LogP contribution is 2.45. The van der Waals surface area contributed by atoms with Crippen LogP contribution in [0.2, 0.25) is 5.02 Å². The smallest absolute Gasteiger partial charge is 0.165 e. The quantitative estimate of drug-likeness (QED) is 0.186. The van der Waals surface area contributed by atoms with Crippen LogP contribution >= 0.6 is 11.6 Å². The Labute approximate surface area is 269 Å². The summed E-state index contributed by atoms with van der Waals surface area (Å²) in [6.45, 7) is 0. The number of fused-ring (bicyclic) bond motifs is 5. The van der Waals surface area contributed by atoms with Gasteiger partial charge in [0.25, 0.3) is 0 Å². The highest BCUT2D eigenvalue weighted by Gasteiger charge is 2.22. The van der Waals surface area contributed by atoms with Crippen LogP contribution in [0.25, 0.3) is 88.8 Å². The number of halogens is 1. The van der Waals surface area contributed by atoms with Crippen molar-refractivity contribution in [2.75, 3.05) is 0 Å². The lowest BCUT2D eigenvalue weighted by Gasteiger charge is -2.18. The summed E-state index contributed by atoms with van der Waals surface area (Å²) >= 11 is 6.94. The van der Waals surface area contributed by atoms with Gasteiger partial charge in [-0.05, 0) is 50.9 Å². The summed E-state index contributed by atoms with van der Waals surface area (Å²) in [7, 11) is 0. The molecule has 9 aromatic rings. The minimum atomic E-state index is 0.582. The van der Waals surface area contributed by atoms with Crippen LogP contribution in [0.3, 0.4) is 0 Å². The Hall–Kier alpha value is -5.84. The lowest BCUT2D eigenvalue weighted by molar-refractivity contribution is 0.669. The van der Waals surface area contributed by atoms with Crippen LogP contribution in [0.5, 0.6) is 0 Å². The third kappa shape index (κ3) is 4.26. The van der Waals surface area contributed by atoms with Crippen LogP contribution in [-0.2, 0) is 0 Å². The van der Waals surface area contributed by atoms with Crippen molar-refractivity contribution in [2.45, 2.75) is 0 Å². The third-order valence-electron chi connectivity index (χ3n) is 8.58. The zero-order chi connectivity index (χ0) is 30.6. The number of nitrogens with zero attached hydrogens (tertiary/aromatic N) is 3. The second-order valence-electron chi connectivity index (χ2n) is 11.3. The Morgan fingerprint density at radius 1 is 0.391 bits per heavy atom. The predicted molar refractivity (Wildman–Crippen MR) is 189 cm³/mol. The Balaban J connectivity index is 1.37. The Bertz CT molecular complexity index is 2480. The van der Waals surface area contributed by atoms with Crippen LogP contribution in [0.15, 0.2) is 150 Å². The van der Waals surface area contributed by atoms with Crippen LogP contribution in [0, 0.1) is 0 Å². The lowest BCUT2D eigenvalue weighted by atomic mass is 9.87. The van der Waals surface area contributed by atoms with Gasteiger partial charge in [-0.3, -0.25) is 0 Å². The Kier molecular flexibility index (Phi) is 6.15. The van der Waals surface area contributed by atoms with Crippen molar-refractivity contribution in [2.24, 2.45) is 0 Å². The lowest BCUT2D eigenvalue weighted by Crippen LogP contribution is -2.01. The maximum atomic E-state index is 6.94. The van der Waals surface area contributed by atoms with Gasteiger partial charge >= 0.3 is 0 Å². The molecule has 0 spiro atoms. The summed E-state index contributed by atoms with van der Waals surface area (Å²) in [6.07, 6.45) is 0. The average Bonchev–Trinajstić information content (AvgIpc) is 3.50. The SMILES string of the molecule is Clc1cc(-c2c3ccccc3c(-c3nc(-c4ccccc4)nc(-c4ccccc4)n3)c3ccccc23)cc2c1oc1ccccc12. The van der Waals surface area contributed by atoms with Gasteiger partial charge in [0.05, 0.1) is 5.02 Å². The van der Waals surface area contributed by atoms with Gasteiger partial charge in [-0.2, -0.15) is 0 Å². The molecule has 2 aromatic heterocycles. The van der Waals surface area contributed by atoms with Gasteiger partial charge < -0.3 is 4.42 Å². The van der Waals surface area contributed by atoms with Crippen molar-refractivity contribution in [1.29, 1.82) is 0 Å². The maximum absolute atomic E-state index is 6.94. The topological polar surface area (TPSA) is 51.8 Å². The monoisotopic (exact) mass is 609 g/mol. The molecule has 0 atom stereocenters. The van der Waals surface area contributed by atoms with E-state index in [1.807, 2.05) is 84.9 Å². The molecule has 2 heterocycles. The number of rotatable bonds is 4. The molecule has 0 unspecified atom stereocenters. The normalized spacial score (nSPS) is 11.6. The molecule has 0 fully saturated rings. The first-order chi connectivity index (χ1) is 22.7. The number of benzene rings is 7. The van der Waals surface area contributed by atoms with E-state index >= 15 is 0 Å². The van der Waals surface area contributed by atoms with E-state index < -0.39 is 0 Å². The van der Waals surface area contributed by atoms with Crippen LogP contribution in [0.1, 0.15) is 0 Å². The zero-order valence-corrected chi connectivity index (χ0v) is 25.2. The largest absolute Gasteiger partial charge is 0.454 e. The second-order valence-corrected chi connectivity index (χ2v) is 11.7. The number of hydrogen-bond donors (Lipinski definition) is 0. The molecule has 0 amide bonds. The molecule has 0 N–H and O–H groups in total. The summed E-state index contributed by atoms with van der Waals surface area (Å²) in [6, 6.07) is 49.4. The van der Waals surface area contributed by atoms with E-state index in [4.69, 9.17) is 31.0 Å². The molecule has 5 heteroatoms. The molecular weight excluding hydrogens is 586 g/mol. The molecule has 7 aromatic carbocycles. The minimum absolute atomic E-state index is 0.582. The number of para-hydroxylation sites is 1. The highest BCUT2D eigenvalue weighted by atomic mass is 35.5. The van der Waals surface area contributed by atoms with Gasteiger partial charge in [-0.25, -0.2) is 15.0 Å². The number of aromatic nitrogens is 3. The first kappa shape index (κ1) is 26.6. The van der Waals surface area contributed by atoms with Gasteiger partial charge in [-0.1, -0.05) is 139 Å². The van der Waals surface area contributed by atoms with Crippen molar-refractivity contribution in [3.05, 3.63) is 151 Å². The molecule has 0 aliphatic rings. The van der Waals surface area contributed by atoms with Crippen molar-refractivity contribution < 1.29 is 4.42 Å². The second kappa shape index (κ2) is 10.7. The van der Waals surface area contributed by atoms with Crippen LogP contribution in [0.4, 0.5) is 0 Å². The average molecular weight is 610 g/mol. The van der Waals surface area contributed by atoms with Crippen molar-refractivity contribution in [3.8, 4) is 45.3 Å². The molecule has 0 aliphatic heterocycles. The van der Waals surface area contributed by atoms with Crippen LogP contribution < -0.4 is 0 Å². The van der Waals surface area contributed by atoms with E-state index in [9.17, 15) is 0 Å². The van der Waals surface area contributed by atoms with E-state index in [1.165, 1.54) is 0 Å². The summed E-state index contributed by atoms with van der Waals surface area (Å²) < 4.78 is 6.17. The highest BCUT2D eigenvalue weighted by molar-refractivity contribution is 6.36. The van der Waals surface area contributed by atoms with Crippen molar-refractivity contribution in [1.82, 2.24) is 15.0 Å². The molecular formula is C41H24ClN3O. The first-order valence-corrected chi connectivity index (χ1v) is 15.5. The summed E-state index contributed by atoms with van der Waals surface area (Å²) in [5.74, 6) is 1.89.